The van der Waals surface area contributed by atoms with E-state index in [1.807, 2.05) is 48.5 Å². The molecule has 0 saturated carbocycles. The maximum absolute atomic E-state index is 12.4. The van der Waals surface area contributed by atoms with Crippen LogP contribution in [0.4, 0.5) is 4.79 Å². The number of benzene rings is 2. The van der Waals surface area contributed by atoms with E-state index in [9.17, 15) is 33.6 Å². The van der Waals surface area contributed by atoms with Gasteiger partial charge in [0.25, 0.3) is 0 Å². The molecule has 6 amide bonds. The molecule has 46 heavy (non-hydrogen) atoms. The second-order valence-electron chi connectivity index (χ2n) is 10.8. The predicted octanol–water partition coefficient (Wildman–Crippen LogP) is -0.255. The molecule has 0 aromatic heterocycles. The summed E-state index contributed by atoms with van der Waals surface area (Å²) in [4.78, 5) is 84.4. The second-order valence-corrected chi connectivity index (χ2v) is 10.8. The van der Waals surface area contributed by atoms with E-state index >= 15 is 0 Å². The first-order valence-corrected chi connectivity index (χ1v) is 14.6. The van der Waals surface area contributed by atoms with E-state index < -0.39 is 78.9 Å². The van der Waals surface area contributed by atoms with Crippen molar-refractivity contribution in [2.24, 2.45) is 0 Å². The molecule has 0 aliphatic heterocycles. The summed E-state index contributed by atoms with van der Waals surface area (Å²) in [5.41, 5.74) is 4.25. The summed E-state index contributed by atoms with van der Waals surface area (Å²) in [6.45, 7) is 4.48. The van der Waals surface area contributed by atoms with Crippen molar-refractivity contribution in [3.05, 3.63) is 59.7 Å². The molecular weight excluding hydrogens is 600 g/mol. The van der Waals surface area contributed by atoms with Gasteiger partial charge in [-0.05, 0) is 49.9 Å². The third kappa shape index (κ3) is 9.51. The molecule has 0 spiro atoms. The summed E-state index contributed by atoms with van der Waals surface area (Å²) < 4.78 is 5.38. The van der Waals surface area contributed by atoms with Gasteiger partial charge in [0.05, 0.1) is 6.54 Å². The van der Waals surface area contributed by atoms with E-state index in [4.69, 9.17) is 9.84 Å². The number of ether oxygens (including phenoxy) is 1. The van der Waals surface area contributed by atoms with Crippen LogP contribution in [0.25, 0.3) is 11.1 Å². The van der Waals surface area contributed by atoms with Crippen molar-refractivity contribution in [3.63, 3.8) is 0 Å². The molecule has 0 bridgehead atoms. The number of aliphatic carboxylic acids is 1. The lowest BCUT2D eigenvalue weighted by molar-refractivity contribution is -0.141. The van der Waals surface area contributed by atoms with Gasteiger partial charge in [-0.3, -0.25) is 28.8 Å². The monoisotopic (exact) mass is 638 g/mol. The molecule has 0 fully saturated rings. The highest BCUT2D eigenvalue weighted by Gasteiger charge is 2.29. The largest absolute Gasteiger partial charge is 0.480 e. The Kier molecular flexibility index (Phi) is 12.2. The minimum absolute atomic E-state index is 0.0740. The number of amides is 6. The van der Waals surface area contributed by atoms with Crippen LogP contribution in [0, 0.1) is 0 Å². The van der Waals surface area contributed by atoms with Gasteiger partial charge in [-0.2, -0.15) is 0 Å². The molecule has 1 aliphatic carbocycles. The number of hydrogen-bond donors (Lipinski definition) is 7. The van der Waals surface area contributed by atoms with Crippen LogP contribution in [0.2, 0.25) is 0 Å². The number of rotatable bonds is 14. The third-order valence-electron chi connectivity index (χ3n) is 7.19. The van der Waals surface area contributed by atoms with Crippen molar-refractivity contribution in [2.45, 2.75) is 57.8 Å². The highest BCUT2D eigenvalue weighted by molar-refractivity contribution is 5.95. The third-order valence-corrected chi connectivity index (χ3v) is 7.19. The van der Waals surface area contributed by atoms with Crippen molar-refractivity contribution >= 4 is 41.6 Å². The summed E-state index contributed by atoms with van der Waals surface area (Å²) in [7, 11) is 0. The van der Waals surface area contributed by atoms with Gasteiger partial charge in [0, 0.05) is 5.92 Å². The van der Waals surface area contributed by atoms with Gasteiger partial charge >= 0.3 is 12.1 Å². The van der Waals surface area contributed by atoms with Gasteiger partial charge in [-0.15, -0.1) is 0 Å². The first-order valence-electron chi connectivity index (χ1n) is 14.6. The van der Waals surface area contributed by atoms with Crippen LogP contribution in [0.3, 0.4) is 0 Å². The van der Waals surface area contributed by atoms with Gasteiger partial charge in [-0.25, -0.2) is 4.79 Å². The Bertz CT molecular complexity index is 1450. The number of hydrogen-bond acceptors (Lipinski definition) is 8. The van der Waals surface area contributed by atoms with E-state index in [0.717, 1.165) is 22.3 Å². The van der Waals surface area contributed by atoms with Gasteiger partial charge in [0.2, 0.25) is 29.5 Å². The van der Waals surface area contributed by atoms with Gasteiger partial charge in [0.15, 0.2) is 0 Å². The fourth-order valence-corrected chi connectivity index (χ4v) is 4.61. The van der Waals surface area contributed by atoms with E-state index in [1.54, 1.807) is 0 Å². The molecule has 246 valence electrons. The van der Waals surface area contributed by atoms with Crippen LogP contribution >= 0.6 is 0 Å². The minimum atomic E-state index is -1.24. The normalized spacial score (nSPS) is 14.2. The molecule has 15 nitrogen and oxygen atoms in total. The zero-order valence-electron chi connectivity index (χ0n) is 25.8. The quantitative estimate of drug-likeness (QED) is 0.145. The highest BCUT2D eigenvalue weighted by atomic mass is 16.5. The van der Waals surface area contributed by atoms with Crippen LogP contribution < -0.4 is 31.9 Å². The van der Waals surface area contributed by atoms with E-state index in [-0.39, 0.29) is 12.5 Å². The number of carbonyl (C=O) groups is 7. The highest BCUT2D eigenvalue weighted by Crippen LogP contribution is 2.44. The zero-order valence-corrected chi connectivity index (χ0v) is 25.8. The van der Waals surface area contributed by atoms with Crippen molar-refractivity contribution in [1.82, 2.24) is 31.9 Å². The molecule has 0 heterocycles. The average molecular weight is 639 g/mol. The first kappa shape index (κ1) is 35.0. The average Bonchev–Trinajstić information content (AvgIpc) is 3.34. The second kappa shape index (κ2) is 16.0. The Balaban J connectivity index is 1.34. The van der Waals surface area contributed by atoms with Crippen molar-refractivity contribution in [2.75, 3.05) is 19.7 Å². The standard InChI is InChI=1S/C31H38N6O9/c1-16(27(40)35-17(2)28(41)36-18(3)29(42)37-19(4)30(43)44)34-26(39)14-32-25(38)13-33-31(45)46-15-24-22-11-7-5-9-20(22)21-10-6-8-12-23(21)24/h5-12,16-19,24H,13-15H2,1-4H3,(H,32,38)(H,33,45)(H,34,39)(H,35,40)(H,36,41)(H,37,42)(H,43,44)/t16-,17-,18-,19-/m1/s1. The van der Waals surface area contributed by atoms with Crippen LogP contribution in [-0.2, 0) is 33.5 Å². The minimum Gasteiger partial charge on any atom is -0.480 e. The lowest BCUT2D eigenvalue weighted by atomic mass is 9.98. The zero-order chi connectivity index (χ0) is 34.0. The van der Waals surface area contributed by atoms with Crippen LogP contribution in [0.1, 0.15) is 44.7 Å². The molecule has 2 aromatic carbocycles. The lowest BCUT2D eigenvalue weighted by Gasteiger charge is -2.21. The molecule has 15 heteroatoms. The fraction of sp³-hybridized carbons (Fsp3) is 0.387. The van der Waals surface area contributed by atoms with Gasteiger partial charge in [-0.1, -0.05) is 48.5 Å². The summed E-state index contributed by atoms with van der Waals surface area (Å²) in [5.74, 6) is -4.90. The molecule has 0 radical (unpaired) electrons. The van der Waals surface area contributed by atoms with E-state index in [0.29, 0.717) is 0 Å². The Hall–Kier alpha value is -5.47. The Morgan fingerprint density at radius 2 is 1.07 bits per heavy atom. The number of carboxylic acids is 1. The smallest absolute Gasteiger partial charge is 0.407 e. The number of nitrogens with one attached hydrogen (secondary N) is 6. The summed E-state index contributed by atoms with van der Waals surface area (Å²) in [6.07, 6.45) is -0.797. The molecule has 4 atom stereocenters. The summed E-state index contributed by atoms with van der Waals surface area (Å²) in [6, 6.07) is 11.3. The predicted molar refractivity (Wildman–Crippen MR) is 164 cm³/mol. The number of fused-ring (bicyclic) bond motifs is 3. The molecule has 0 unspecified atom stereocenters. The summed E-state index contributed by atoms with van der Waals surface area (Å²) >= 11 is 0. The lowest BCUT2D eigenvalue weighted by Crippen LogP contribution is -2.56. The Labute approximate surface area is 265 Å². The number of carbonyl (C=O) groups excluding carboxylic acids is 6. The van der Waals surface area contributed by atoms with Crippen LogP contribution in [0.15, 0.2) is 48.5 Å². The molecule has 0 saturated heterocycles. The van der Waals surface area contributed by atoms with Gasteiger partial charge < -0.3 is 41.7 Å². The van der Waals surface area contributed by atoms with Crippen LogP contribution in [-0.4, -0.2) is 90.6 Å². The first-order chi connectivity index (χ1) is 21.8. The maximum atomic E-state index is 12.4. The van der Waals surface area contributed by atoms with Crippen LogP contribution in [0.5, 0.6) is 0 Å². The van der Waals surface area contributed by atoms with E-state index in [1.165, 1.54) is 27.7 Å². The maximum Gasteiger partial charge on any atom is 0.407 e. The molecule has 3 rings (SSSR count). The Morgan fingerprint density at radius 1 is 0.630 bits per heavy atom. The topological polar surface area (TPSA) is 221 Å². The fourth-order valence-electron chi connectivity index (χ4n) is 4.61. The molecule has 7 N–H and O–H groups in total. The number of alkyl carbamates (subject to hydrolysis) is 1. The van der Waals surface area contributed by atoms with E-state index in [2.05, 4.69) is 31.9 Å². The molecule has 1 aliphatic rings. The van der Waals surface area contributed by atoms with Crippen molar-refractivity contribution in [3.8, 4) is 11.1 Å². The molecule has 2 aromatic rings. The van der Waals surface area contributed by atoms with Crippen molar-refractivity contribution < 1.29 is 43.4 Å². The SMILES string of the molecule is C[C@@H](NC(=O)[C@@H](C)NC(=O)[C@@H](C)NC(=O)[C@@H](C)NC(=O)CNC(=O)CNC(=O)OCC1c2ccccc2-c2ccccc21)C(=O)O. The molecular formula is C31H38N6O9. The van der Waals surface area contributed by atoms with Crippen molar-refractivity contribution in [1.29, 1.82) is 0 Å². The Morgan fingerprint density at radius 3 is 1.57 bits per heavy atom. The number of carboxylic acid groups (broad SMARTS) is 1. The summed E-state index contributed by atoms with van der Waals surface area (Å²) in [5, 5.41) is 22.9. The van der Waals surface area contributed by atoms with Gasteiger partial charge in [0.1, 0.15) is 37.3 Å².